The van der Waals surface area contributed by atoms with Gasteiger partial charge in [0, 0.05) is 16.2 Å². The Labute approximate surface area is 119 Å². The zero-order chi connectivity index (χ0) is 14.0. The van der Waals surface area contributed by atoms with Gasteiger partial charge in [0.25, 0.3) is 5.91 Å². The van der Waals surface area contributed by atoms with E-state index < -0.39 is 5.97 Å². The highest BCUT2D eigenvalue weighted by atomic mass is 79.9. The first-order chi connectivity index (χ1) is 8.97. The minimum atomic E-state index is -0.545. The second-order valence-corrected chi connectivity index (χ2v) is 5.50. The van der Waals surface area contributed by atoms with Crippen molar-refractivity contribution in [2.45, 2.75) is 25.8 Å². The van der Waals surface area contributed by atoms with Crippen molar-refractivity contribution in [2.24, 2.45) is 0 Å². The van der Waals surface area contributed by atoms with E-state index in [-0.39, 0.29) is 18.6 Å². The van der Waals surface area contributed by atoms with Crippen LogP contribution in [0.4, 0.5) is 5.69 Å². The van der Waals surface area contributed by atoms with Crippen LogP contribution in [0.5, 0.6) is 0 Å². The van der Waals surface area contributed by atoms with Crippen molar-refractivity contribution in [1.82, 2.24) is 5.32 Å². The number of amides is 1. The summed E-state index contributed by atoms with van der Waals surface area (Å²) in [5, 5.41) is 2.75. The molecule has 0 spiro atoms. The standard InChI is InChI=1S/C13H15BrN2O3/c1-7-10(4-8(14)5-11(7)15)13(18)19-6-12(17)16-9-2-3-9/h4-5,9H,2-3,6,15H2,1H3,(H,16,17). The molecule has 102 valence electrons. The summed E-state index contributed by atoms with van der Waals surface area (Å²) < 4.78 is 5.68. The number of carbonyl (C=O) groups excluding carboxylic acids is 2. The number of anilines is 1. The molecule has 19 heavy (non-hydrogen) atoms. The molecule has 0 aliphatic heterocycles. The highest BCUT2D eigenvalue weighted by molar-refractivity contribution is 9.10. The van der Waals surface area contributed by atoms with Crippen LogP contribution in [0.3, 0.4) is 0 Å². The Morgan fingerprint density at radius 1 is 1.47 bits per heavy atom. The largest absolute Gasteiger partial charge is 0.452 e. The van der Waals surface area contributed by atoms with Crippen molar-refractivity contribution in [3.05, 3.63) is 27.7 Å². The third-order valence-corrected chi connectivity index (χ3v) is 3.37. The zero-order valence-electron chi connectivity index (χ0n) is 10.5. The summed E-state index contributed by atoms with van der Waals surface area (Å²) in [4.78, 5) is 23.3. The van der Waals surface area contributed by atoms with E-state index in [1.165, 1.54) is 0 Å². The summed E-state index contributed by atoms with van der Waals surface area (Å²) in [5.41, 5.74) is 7.29. The fourth-order valence-corrected chi connectivity index (χ4v) is 2.09. The monoisotopic (exact) mass is 326 g/mol. The Morgan fingerprint density at radius 2 is 2.16 bits per heavy atom. The van der Waals surface area contributed by atoms with Crippen molar-refractivity contribution in [2.75, 3.05) is 12.3 Å². The van der Waals surface area contributed by atoms with Gasteiger partial charge in [-0.05, 0) is 37.5 Å². The lowest BCUT2D eigenvalue weighted by molar-refractivity contribution is -0.124. The average Bonchev–Trinajstić information content (AvgIpc) is 3.14. The maximum atomic E-state index is 11.9. The van der Waals surface area contributed by atoms with Gasteiger partial charge in [-0.2, -0.15) is 0 Å². The molecule has 0 bridgehead atoms. The van der Waals surface area contributed by atoms with E-state index in [9.17, 15) is 9.59 Å². The number of carbonyl (C=O) groups is 2. The first-order valence-corrected chi connectivity index (χ1v) is 6.79. The fraction of sp³-hybridized carbons (Fsp3) is 0.385. The van der Waals surface area contributed by atoms with E-state index in [2.05, 4.69) is 21.2 Å². The molecule has 2 rings (SSSR count). The average molecular weight is 327 g/mol. The summed E-state index contributed by atoms with van der Waals surface area (Å²) in [6.07, 6.45) is 2.00. The lowest BCUT2D eigenvalue weighted by atomic mass is 10.1. The summed E-state index contributed by atoms with van der Waals surface area (Å²) in [6, 6.07) is 3.60. The van der Waals surface area contributed by atoms with Crippen molar-refractivity contribution in [3.8, 4) is 0 Å². The van der Waals surface area contributed by atoms with Crippen LogP contribution in [-0.2, 0) is 9.53 Å². The third kappa shape index (κ3) is 3.70. The molecule has 1 saturated carbocycles. The van der Waals surface area contributed by atoms with Gasteiger partial charge in [-0.15, -0.1) is 0 Å². The predicted octanol–water partition coefficient (Wildman–Crippen LogP) is 1.78. The van der Waals surface area contributed by atoms with E-state index in [4.69, 9.17) is 10.5 Å². The van der Waals surface area contributed by atoms with Gasteiger partial charge in [0.15, 0.2) is 6.61 Å². The van der Waals surface area contributed by atoms with Crippen molar-refractivity contribution in [1.29, 1.82) is 0 Å². The molecule has 1 aromatic rings. The Hall–Kier alpha value is -1.56. The third-order valence-electron chi connectivity index (χ3n) is 2.91. The maximum Gasteiger partial charge on any atom is 0.339 e. The SMILES string of the molecule is Cc1c(N)cc(Br)cc1C(=O)OCC(=O)NC1CC1. The smallest absolute Gasteiger partial charge is 0.339 e. The van der Waals surface area contributed by atoms with E-state index in [0.717, 1.165) is 12.8 Å². The second kappa shape index (κ2) is 5.61. The number of nitrogens with one attached hydrogen (secondary N) is 1. The fourth-order valence-electron chi connectivity index (χ4n) is 1.62. The number of halogens is 1. The molecule has 0 heterocycles. The molecule has 0 atom stereocenters. The second-order valence-electron chi connectivity index (χ2n) is 4.59. The molecule has 6 heteroatoms. The zero-order valence-corrected chi connectivity index (χ0v) is 12.1. The highest BCUT2D eigenvalue weighted by Gasteiger charge is 2.24. The lowest BCUT2D eigenvalue weighted by Crippen LogP contribution is -2.30. The van der Waals surface area contributed by atoms with E-state index in [0.29, 0.717) is 21.3 Å². The van der Waals surface area contributed by atoms with Crippen LogP contribution in [0.1, 0.15) is 28.8 Å². The summed E-state index contributed by atoms with van der Waals surface area (Å²) in [5.74, 6) is -0.812. The van der Waals surface area contributed by atoms with Gasteiger partial charge in [0.1, 0.15) is 0 Å². The Bertz CT molecular complexity index is 527. The van der Waals surface area contributed by atoms with Gasteiger partial charge in [0.2, 0.25) is 0 Å². The van der Waals surface area contributed by atoms with Crippen LogP contribution < -0.4 is 11.1 Å². The molecule has 0 radical (unpaired) electrons. The summed E-state index contributed by atoms with van der Waals surface area (Å²) in [6.45, 7) is 1.48. The van der Waals surface area contributed by atoms with Gasteiger partial charge in [0.05, 0.1) is 5.56 Å². The van der Waals surface area contributed by atoms with Gasteiger partial charge in [-0.3, -0.25) is 4.79 Å². The number of nitrogens with two attached hydrogens (primary N) is 1. The number of hydrogen-bond acceptors (Lipinski definition) is 4. The van der Waals surface area contributed by atoms with Gasteiger partial charge < -0.3 is 15.8 Å². The molecule has 1 amide bonds. The van der Waals surface area contributed by atoms with E-state index in [1.807, 2.05) is 0 Å². The molecular formula is C13H15BrN2O3. The minimum Gasteiger partial charge on any atom is -0.452 e. The van der Waals surface area contributed by atoms with Gasteiger partial charge in [-0.1, -0.05) is 15.9 Å². The van der Waals surface area contributed by atoms with Crippen LogP contribution in [0.15, 0.2) is 16.6 Å². The van der Waals surface area contributed by atoms with Crippen LogP contribution >= 0.6 is 15.9 Å². The van der Waals surface area contributed by atoms with Crippen LogP contribution in [-0.4, -0.2) is 24.5 Å². The molecule has 0 unspecified atom stereocenters. The number of ether oxygens (including phenoxy) is 1. The molecule has 1 fully saturated rings. The molecule has 5 nitrogen and oxygen atoms in total. The van der Waals surface area contributed by atoms with E-state index >= 15 is 0 Å². The topological polar surface area (TPSA) is 81.4 Å². The Balaban J connectivity index is 1.97. The van der Waals surface area contributed by atoms with E-state index in [1.54, 1.807) is 19.1 Å². The van der Waals surface area contributed by atoms with Crippen molar-refractivity contribution in [3.63, 3.8) is 0 Å². The predicted molar refractivity (Wildman–Crippen MR) is 74.7 cm³/mol. The maximum absolute atomic E-state index is 11.9. The number of esters is 1. The number of nitrogen functional groups attached to an aromatic ring is 1. The first kappa shape index (κ1) is 13.9. The number of rotatable bonds is 4. The molecule has 1 aliphatic rings. The Morgan fingerprint density at radius 3 is 2.79 bits per heavy atom. The molecule has 0 aromatic heterocycles. The Kier molecular flexibility index (Phi) is 4.09. The molecule has 3 N–H and O–H groups in total. The first-order valence-electron chi connectivity index (χ1n) is 5.99. The van der Waals surface area contributed by atoms with Gasteiger partial charge in [-0.25, -0.2) is 4.79 Å². The highest BCUT2D eigenvalue weighted by Crippen LogP contribution is 2.23. The minimum absolute atomic E-state index is 0.259. The summed E-state index contributed by atoms with van der Waals surface area (Å²) >= 11 is 3.27. The molecule has 0 saturated heterocycles. The number of benzene rings is 1. The molecule has 1 aromatic carbocycles. The van der Waals surface area contributed by atoms with Crippen molar-refractivity contribution < 1.29 is 14.3 Å². The molecular weight excluding hydrogens is 312 g/mol. The molecule has 1 aliphatic carbocycles. The van der Waals surface area contributed by atoms with Crippen LogP contribution in [0, 0.1) is 6.92 Å². The van der Waals surface area contributed by atoms with Crippen LogP contribution in [0.2, 0.25) is 0 Å². The number of hydrogen-bond donors (Lipinski definition) is 2. The lowest BCUT2D eigenvalue weighted by Gasteiger charge is -2.09. The van der Waals surface area contributed by atoms with Gasteiger partial charge >= 0.3 is 5.97 Å². The summed E-state index contributed by atoms with van der Waals surface area (Å²) in [7, 11) is 0. The van der Waals surface area contributed by atoms with Crippen LogP contribution in [0.25, 0.3) is 0 Å². The van der Waals surface area contributed by atoms with Crippen molar-refractivity contribution >= 4 is 33.5 Å². The normalized spacial score (nSPS) is 14.0. The quantitative estimate of drug-likeness (QED) is 0.652.